The Hall–Kier alpha value is -1.21. The quantitative estimate of drug-likeness (QED) is 0.321. The third-order valence-electron chi connectivity index (χ3n) is 4.25. The van der Waals surface area contributed by atoms with Gasteiger partial charge in [0.15, 0.2) is 0 Å². The van der Waals surface area contributed by atoms with Gasteiger partial charge in [0.05, 0.1) is 43.8 Å². The molecule has 2 rings (SSSR count). The normalized spacial score (nSPS) is 18.6. The van der Waals surface area contributed by atoms with Crippen molar-refractivity contribution < 1.29 is 40.0 Å². The van der Waals surface area contributed by atoms with Crippen LogP contribution in [0.5, 0.6) is 0 Å². The van der Waals surface area contributed by atoms with Crippen molar-refractivity contribution in [2.24, 2.45) is 0 Å². The van der Waals surface area contributed by atoms with E-state index >= 15 is 0 Å². The summed E-state index contributed by atoms with van der Waals surface area (Å²) in [4.78, 5) is 13.8. The molecule has 7 nitrogen and oxygen atoms in total. The van der Waals surface area contributed by atoms with Crippen LogP contribution < -0.4 is 0 Å². The second kappa shape index (κ2) is 9.73. The molecule has 0 aliphatic carbocycles. The van der Waals surface area contributed by atoms with Crippen LogP contribution >= 0.6 is 15.9 Å². The zero-order valence-corrected chi connectivity index (χ0v) is 18.2. The number of nitrogens with zero attached hydrogens (tertiary/aromatic N) is 1. The van der Waals surface area contributed by atoms with Gasteiger partial charge in [-0.15, -0.1) is 0 Å². The van der Waals surface area contributed by atoms with Gasteiger partial charge in [-0.2, -0.15) is 21.6 Å². The molecule has 1 aliphatic heterocycles. The summed E-state index contributed by atoms with van der Waals surface area (Å²) in [6.07, 6.45) is -4.26. The molecule has 0 unspecified atom stereocenters. The van der Waals surface area contributed by atoms with Crippen molar-refractivity contribution in [2.45, 2.75) is 24.2 Å². The number of rotatable bonds is 7. The Kier molecular flexibility index (Phi) is 8.08. The third kappa shape index (κ3) is 6.92. The number of alkyl halides is 4. The maximum atomic E-state index is 13.5. The van der Waals surface area contributed by atoms with Crippen LogP contribution in [-0.4, -0.2) is 65.1 Å². The first kappa shape index (κ1) is 24.1. The molecule has 164 valence electrons. The average molecular weight is 504 g/mol. The highest BCUT2D eigenvalue weighted by atomic mass is 79.9. The van der Waals surface area contributed by atoms with Crippen molar-refractivity contribution in [3.8, 4) is 0 Å². The molecule has 0 aromatic heterocycles. The van der Waals surface area contributed by atoms with E-state index in [4.69, 9.17) is 8.92 Å². The third-order valence-corrected chi connectivity index (χ3v) is 5.38. The lowest BCUT2D eigenvalue weighted by Crippen LogP contribution is -2.44. The average Bonchev–Trinajstić information content (AvgIpc) is 2.64. The van der Waals surface area contributed by atoms with Crippen molar-refractivity contribution in [3.05, 3.63) is 34.4 Å². The highest BCUT2D eigenvalue weighted by Crippen LogP contribution is 2.36. The molecule has 0 radical (unpaired) electrons. The van der Waals surface area contributed by atoms with Crippen molar-refractivity contribution >= 4 is 32.0 Å². The number of carbonyl (C=O) groups is 1. The number of hydrogen-bond acceptors (Lipinski definition) is 7. The molecule has 1 aromatic carbocycles. The van der Waals surface area contributed by atoms with Gasteiger partial charge in [-0.25, -0.2) is 4.79 Å². The molecule has 1 aromatic rings. The highest BCUT2D eigenvalue weighted by molar-refractivity contribution is 9.08. The number of methoxy groups -OCH3 is 1. The van der Waals surface area contributed by atoms with Crippen molar-refractivity contribution in [1.29, 1.82) is 0 Å². The molecular weight excluding hydrogens is 483 g/mol. The summed E-state index contributed by atoms with van der Waals surface area (Å²) in [5.74, 6) is -0.854. The fourth-order valence-electron chi connectivity index (χ4n) is 2.99. The minimum Gasteiger partial charge on any atom is -0.465 e. The second-order valence-electron chi connectivity index (χ2n) is 6.51. The molecule has 1 fully saturated rings. The number of ether oxygens (including phenoxy) is 2. The lowest BCUT2D eigenvalue weighted by molar-refractivity contribution is -0.138. The van der Waals surface area contributed by atoms with Gasteiger partial charge in [-0.1, -0.05) is 15.9 Å². The summed E-state index contributed by atoms with van der Waals surface area (Å²) >= 11 is 3.02. The fraction of sp³-hybridized carbons (Fsp3) is 0.588. The summed E-state index contributed by atoms with van der Waals surface area (Å²) < 4.78 is 77.7. The van der Waals surface area contributed by atoms with Gasteiger partial charge >= 0.3 is 12.1 Å². The number of esters is 1. The Labute approximate surface area is 175 Å². The van der Waals surface area contributed by atoms with Crippen molar-refractivity contribution in [2.75, 3.05) is 39.7 Å². The van der Waals surface area contributed by atoms with Gasteiger partial charge < -0.3 is 9.47 Å². The number of carbonyl (C=O) groups excluding carboxylic acids is 1. The van der Waals surface area contributed by atoms with Crippen LogP contribution in [0.2, 0.25) is 0 Å². The Morgan fingerprint density at radius 1 is 1.38 bits per heavy atom. The van der Waals surface area contributed by atoms with Crippen LogP contribution in [0.25, 0.3) is 0 Å². The van der Waals surface area contributed by atoms with Crippen LogP contribution in [0.1, 0.15) is 27.0 Å². The van der Waals surface area contributed by atoms with Crippen LogP contribution in [0, 0.1) is 0 Å². The smallest absolute Gasteiger partial charge is 0.416 e. The standard InChI is InChI=1S/C17H21BrF3NO6S/c1-26-16(23)13-5-11(6-15(14(13)7-18)17(19,20)21)8-22-3-4-27-12(9-22)10-28-29(2,24)25/h5-6,12H,3-4,7-10H2,1-2H3/t12-/m0/s1. The van der Waals surface area contributed by atoms with Gasteiger partial charge in [0, 0.05) is 25.0 Å². The molecule has 29 heavy (non-hydrogen) atoms. The second-order valence-corrected chi connectivity index (χ2v) is 8.71. The lowest BCUT2D eigenvalue weighted by atomic mass is 9.97. The minimum atomic E-state index is -4.64. The molecule has 0 N–H and O–H groups in total. The van der Waals surface area contributed by atoms with Gasteiger partial charge in [0.2, 0.25) is 0 Å². The van der Waals surface area contributed by atoms with E-state index in [2.05, 4.69) is 20.7 Å². The maximum Gasteiger partial charge on any atom is 0.416 e. The van der Waals surface area contributed by atoms with E-state index in [0.29, 0.717) is 6.54 Å². The molecule has 0 spiro atoms. The van der Waals surface area contributed by atoms with Crippen LogP contribution in [0.3, 0.4) is 0 Å². The van der Waals surface area contributed by atoms with E-state index in [9.17, 15) is 26.4 Å². The first-order valence-electron chi connectivity index (χ1n) is 8.50. The molecule has 0 saturated carbocycles. The van der Waals surface area contributed by atoms with Gasteiger partial charge in [0.25, 0.3) is 10.1 Å². The largest absolute Gasteiger partial charge is 0.465 e. The summed E-state index contributed by atoms with van der Waals surface area (Å²) in [5, 5.41) is -0.158. The molecule has 1 heterocycles. The fourth-order valence-corrected chi connectivity index (χ4v) is 4.00. The molecule has 1 saturated heterocycles. The van der Waals surface area contributed by atoms with Crippen LogP contribution in [0.15, 0.2) is 12.1 Å². The summed E-state index contributed by atoms with van der Waals surface area (Å²) in [6, 6.07) is 2.40. The van der Waals surface area contributed by atoms with E-state index < -0.39 is 33.9 Å². The van der Waals surface area contributed by atoms with E-state index in [1.807, 2.05) is 4.90 Å². The summed E-state index contributed by atoms with van der Waals surface area (Å²) in [5.41, 5.74) is -0.960. The minimum absolute atomic E-state index is 0.119. The summed E-state index contributed by atoms with van der Waals surface area (Å²) in [6.45, 7) is 0.913. The van der Waals surface area contributed by atoms with Gasteiger partial charge in [-0.05, 0) is 23.3 Å². The maximum absolute atomic E-state index is 13.5. The SMILES string of the molecule is COC(=O)c1cc(CN2CCO[C@H](COS(C)(=O)=O)C2)cc(C(F)(F)F)c1CBr. The van der Waals surface area contributed by atoms with Crippen LogP contribution in [-0.2, 0) is 41.8 Å². The number of benzene rings is 1. The first-order valence-corrected chi connectivity index (χ1v) is 11.4. The van der Waals surface area contributed by atoms with E-state index in [0.717, 1.165) is 19.4 Å². The van der Waals surface area contributed by atoms with E-state index in [-0.39, 0.29) is 48.3 Å². The van der Waals surface area contributed by atoms with Crippen molar-refractivity contribution in [3.63, 3.8) is 0 Å². The number of halogens is 4. The van der Waals surface area contributed by atoms with Gasteiger partial charge in [0.1, 0.15) is 0 Å². The van der Waals surface area contributed by atoms with Crippen LogP contribution in [0.4, 0.5) is 13.2 Å². The van der Waals surface area contributed by atoms with E-state index in [1.165, 1.54) is 6.07 Å². The zero-order chi connectivity index (χ0) is 21.8. The number of hydrogen-bond donors (Lipinski definition) is 0. The van der Waals surface area contributed by atoms with Gasteiger partial charge in [-0.3, -0.25) is 9.08 Å². The lowest BCUT2D eigenvalue weighted by Gasteiger charge is -2.32. The topological polar surface area (TPSA) is 82.1 Å². The zero-order valence-electron chi connectivity index (χ0n) is 15.8. The predicted molar refractivity (Wildman–Crippen MR) is 101 cm³/mol. The first-order chi connectivity index (χ1) is 13.4. The number of morpholine rings is 1. The molecule has 0 bridgehead atoms. The monoisotopic (exact) mass is 503 g/mol. The van der Waals surface area contributed by atoms with E-state index in [1.54, 1.807) is 0 Å². The molecule has 1 aliphatic rings. The molecular formula is C17H21BrF3NO6S. The molecule has 12 heteroatoms. The Morgan fingerprint density at radius 2 is 2.07 bits per heavy atom. The Balaban J connectivity index is 2.26. The highest BCUT2D eigenvalue weighted by Gasteiger charge is 2.36. The Morgan fingerprint density at radius 3 is 2.62 bits per heavy atom. The summed E-state index contributed by atoms with van der Waals surface area (Å²) in [7, 11) is -2.52. The van der Waals surface area contributed by atoms with Crippen molar-refractivity contribution in [1.82, 2.24) is 4.90 Å². The predicted octanol–water partition coefficient (Wildman–Crippen LogP) is 2.56. The molecule has 1 atom stereocenters. The molecule has 0 amide bonds. The Bertz CT molecular complexity index is 846.